The highest BCUT2D eigenvalue weighted by Gasteiger charge is 2.04. The lowest BCUT2D eigenvalue weighted by atomic mass is 10.1. The maximum Gasteiger partial charge on any atom is 0.119 e. The Balaban J connectivity index is 1.98. The fraction of sp³-hybridized carbons (Fsp3) is 0.231. The molecule has 1 N–H and O–H groups in total. The van der Waals surface area contributed by atoms with Crippen LogP contribution in [0.2, 0.25) is 0 Å². The second kappa shape index (κ2) is 4.69. The summed E-state index contributed by atoms with van der Waals surface area (Å²) in [6, 6.07) is 8.40. The van der Waals surface area contributed by atoms with E-state index in [1.807, 2.05) is 24.3 Å². The van der Waals surface area contributed by atoms with E-state index in [1.165, 1.54) is 0 Å². The van der Waals surface area contributed by atoms with Crippen molar-refractivity contribution >= 4 is 5.69 Å². The van der Waals surface area contributed by atoms with Crippen LogP contribution in [0.5, 0.6) is 5.75 Å². The number of ether oxygens (including phenoxy) is 1. The maximum atomic E-state index is 5.11. The molecule has 0 radical (unpaired) electrons. The average molecular weight is 201 g/mol. The number of nitrogens with one attached hydrogen (secondary N) is 1. The predicted octanol–water partition coefficient (Wildman–Crippen LogP) is 2.99. The molecule has 1 aliphatic carbocycles. The van der Waals surface area contributed by atoms with Gasteiger partial charge < -0.3 is 10.1 Å². The SMILES string of the molecule is COc1ccc(NC2C=CC=CC2)cc1. The first-order valence-corrected chi connectivity index (χ1v) is 5.12. The van der Waals surface area contributed by atoms with Crippen LogP contribution < -0.4 is 10.1 Å². The lowest BCUT2D eigenvalue weighted by Crippen LogP contribution is -2.16. The number of allylic oxidation sites excluding steroid dienone is 2. The molecule has 2 heteroatoms. The number of hydrogen-bond donors (Lipinski definition) is 1. The summed E-state index contributed by atoms with van der Waals surface area (Å²) < 4.78 is 5.11. The van der Waals surface area contributed by atoms with Crippen molar-refractivity contribution in [3.8, 4) is 5.75 Å². The molecule has 1 aromatic carbocycles. The number of benzene rings is 1. The minimum Gasteiger partial charge on any atom is -0.497 e. The molecule has 2 rings (SSSR count). The molecule has 15 heavy (non-hydrogen) atoms. The zero-order valence-corrected chi connectivity index (χ0v) is 8.81. The third-order valence-corrected chi connectivity index (χ3v) is 2.42. The van der Waals surface area contributed by atoms with Crippen molar-refractivity contribution in [2.24, 2.45) is 0 Å². The lowest BCUT2D eigenvalue weighted by Gasteiger charge is -2.16. The van der Waals surface area contributed by atoms with Crippen molar-refractivity contribution in [3.05, 3.63) is 48.6 Å². The first kappa shape index (κ1) is 9.84. The van der Waals surface area contributed by atoms with Crippen LogP contribution in [0.15, 0.2) is 48.6 Å². The molecule has 0 saturated carbocycles. The van der Waals surface area contributed by atoms with Gasteiger partial charge in [0.15, 0.2) is 0 Å². The standard InChI is InChI=1S/C13H15NO/c1-15-13-9-7-12(8-10-13)14-11-5-3-2-4-6-11/h2-5,7-11,14H,6H2,1H3. The number of rotatable bonds is 3. The molecule has 0 saturated heterocycles. The Morgan fingerprint density at radius 3 is 2.60 bits per heavy atom. The molecule has 1 unspecified atom stereocenters. The van der Waals surface area contributed by atoms with E-state index >= 15 is 0 Å². The molecule has 78 valence electrons. The second-order valence-corrected chi connectivity index (χ2v) is 3.53. The quantitative estimate of drug-likeness (QED) is 0.811. The van der Waals surface area contributed by atoms with Gasteiger partial charge in [-0.1, -0.05) is 24.3 Å². The molecule has 1 aliphatic rings. The number of methoxy groups -OCH3 is 1. The second-order valence-electron chi connectivity index (χ2n) is 3.53. The Hall–Kier alpha value is -1.70. The largest absolute Gasteiger partial charge is 0.497 e. The summed E-state index contributed by atoms with van der Waals surface area (Å²) in [5.74, 6) is 0.889. The molecule has 2 nitrogen and oxygen atoms in total. The predicted molar refractivity (Wildman–Crippen MR) is 63.3 cm³/mol. The van der Waals surface area contributed by atoms with Gasteiger partial charge in [0.1, 0.15) is 5.75 Å². The van der Waals surface area contributed by atoms with Gasteiger partial charge in [-0.3, -0.25) is 0 Å². The first-order valence-electron chi connectivity index (χ1n) is 5.12. The molecule has 0 spiro atoms. The molecule has 0 bridgehead atoms. The van der Waals surface area contributed by atoms with Crippen molar-refractivity contribution in [1.29, 1.82) is 0 Å². The van der Waals surface area contributed by atoms with Gasteiger partial charge in [0.05, 0.1) is 7.11 Å². The Kier molecular flexibility index (Phi) is 3.08. The Labute approximate surface area is 90.3 Å². The van der Waals surface area contributed by atoms with Gasteiger partial charge in [-0.15, -0.1) is 0 Å². The summed E-state index contributed by atoms with van der Waals surface area (Å²) in [5.41, 5.74) is 1.13. The highest BCUT2D eigenvalue weighted by atomic mass is 16.5. The Morgan fingerprint density at radius 2 is 2.00 bits per heavy atom. The molecule has 0 aliphatic heterocycles. The van der Waals surface area contributed by atoms with E-state index in [4.69, 9.17) is 4.74 Å². The molecule has 0 amide bonds. The summed E-state index contributed by atoms with van der Waals surface area (Å²) in [6.45, 7) is 0. The molecular formula is C13H15NO. The number of anilines is 1. The molecule has 0 heterocycles. The van der Waals surface area contributed by atoms with E-state index in [-0.39, 0.29) is 0 Å². The minimum atomic E-state index is 0.406. The van der Waals surface area contributed by atoms with Crippen molar-refractivity contribution in [3.63, 3.8) is 0 Å². The first-order chi connectivity index (χ1) is 7.38. The summed E-state index contributed by atoms with van der Waals surface area (Å²) in [7, 11) is 1.68. The van der Waals surface area contributed by atoms with E-state index in [2.05, 4.69) is 29.6 Å². The summed E-state index contributed by atoms with van der Waals surface area (Å²) >= 11 is 0. The topological polar surface area (TPSA) is 21.3 Å². The zero-order chi connectivity index (χ0) is 10.5. The zero-order valence-electron chi connectivity index (χ0n) is 8.81. The van der Waals surface area contributed by atoms with Crippen LogP contribution in [0.4, 0.5) is 5.69 Å². The van der Waals surface area contributed by atoms with Gasteiger partial charge in [-0.05, 0) is 30.7 Å². The van der Waals surface area contributed by atoms with Gasteiger partial charge in [0.25, 0.3) is 0 Å². The van der Waals surface area contributed by atoms with Gasteiger partial charge in [0, 0.05) is 11.7 Å². The van der Waals surface area contributed by atoms with E-state index in [0.717, 1.165) is 17.9 Å². The fourth-order valence-corrected chi connectivity index (χ4v) is 1.59. The van der Waals surface area contributed by atoms with Gasteiger partial charge in [0.2, 0.25) is 0 Å². The highest BCUT2D eigenvalue weighted by molar-refractivity contribution is 5.48. The molecular weight excluding hydrogens is 186 g/mol. The lowest BCUT2D eigenvalue weighted by molar-refractivity contribution is 0.415. The monoisotopic (exact) mass is 201 g/mol. The van der Waals surface area contributed by atoms with Crippen molar-refractivity contribution in [2.45, 2.75) is 12.5 Å². The van der Waals surface area contributed by atoms with Crippen LogP contribution in [-0.4, -0.2) is 13.2 Å². The summed E-state index contributed by atoms with van der Waals surface area (Å²) in [4.78, 5) is 0. The number of hydrogen-bond acceptors (Lipinski definition) is 2. The smallest absolute Gasteiger partial charge is 0.119 e. The van der Waals surface area contributed by atoms with Crippen LogP contribution in [-0.2, 0) is 0 Å². The molecule has 0 aromatic heterocycles. The molecule has 1 aromatic rings. The van der Waals surface area contributed by atoms with Crippen LogP contribution >= 0.6 is 0 Å². The average Bonchev–Trinajstić information content (AvgIpc) is 2.31. The van der Waals surface area contributed by atoms with Crippen molar-refractivity contribution < 1.29 is 4.74 Å². The van der Waals surface area contributed by atoms with E-state index in [1.54, 1.807) is 7.11 Å². The highest BCUT2D eigenvalue weighted by Crippen LogP contribution is 2.17. The van der Waals surface area contributed by atoms with E-state index < -0.39 is 0 Å². The third-order valence-electron chi connectivity index (χ3n) is 2.42. The Bertz CT molecular complexity index is 365. The minimum absolute atomic E-state index is 0.406. The Morgan fingerprint density at radius 1 is 1.20 bits per heavy atom. The van der Waals surface area contributed by atoms with Crippen LogP contribution in [0, 0.1) is 0 Å². The maximum absolute atomic E-state index is 5.11. The third kappa shape index (κ3) is 2.62. The van der Waals surface area contributed by atoms with Crippen molar-refractivity contribution in [1.82, 2.24) is 0 Å². The van der Waals surface area contributed by atoms with Crippen LogP contribution in [0.1, 0.15) is 6.42 Å². The molecule has 0 fully saturated rings. The fourth-order valence-electron chi connectivity index (χ4n) is 1.59. The van der Waals surface area contributed by atoms with Crippen molar-refractivity contribution in [2.75, 3.05) is 12.4 Å². The van der Waals surface area contributed by atoms with E-state index in [9.17, 15) is 0 Å². The van der Waals surface area contributed by atoms with Gasteiger partial charge in [-0.25, -0.2) is 0 Å². The van der Waals surface area contributed by atoms with Crippen LogP contribution in [0.25, 0.3) is 0 Å². The van der Waals surface area contributed by atoms with Gasteiger partial charge in [-0.2, -0.15) is 0 Å². The van der Waals surface area contributed by atoms with Gasteiger partial charge >= 0.3 is 0 Å². The summed E-state index contributed by atoms with van der Waals surface area (Å²) in [6.07, 6.45) is 9.53. The van der Waals surface area contributed by atoms with Crippen LogP contribution in [0.3, 0.4) is 0 Å². The normalized spacial score (nSPS) is 18.9. The van der Waals surface area contributed by atoms with E-state index in [0.29, 0.717) is 6.04 Å². The molecule has 1 atom stereocenters. The summed E-state index contributed by atoms with van der Waals surface area (Å²) in [5, 5.41) is 3.44.